The van der Waals surface area contributed by atoms with Gasteiger partial charge < -0.3 is 14.0 Å². The van der Waals surface area contributed by atoms with Crippen molar-refractivity contribution in [2.24, 2.45) is 0 Å². The molecule has 2 aromatic rings. The van der Waals surface area contributed by atoms with Crippen LogP contribution < -0.4 is 4.74 Å². The molecule has 1 aromatic heterocycles. The maximum absolute atomic E-state index is 5.73. The van der Waals surface area contributed by atoms with Gasteiger partial charge in [-0.25, -0.2) is 0 Å². The van der Waals surface area contributed by atoms with Crippen LogP contribution in [-0.4, -0.2) is 30.5 Å². The fraction of sp³-hybridized carbons (Fsp3) is 0.556. The van der Waals surface area contributed by atoms with Gasteiger partial charge >= 0.3 is 0 Å². The minimum Gasteiger partial charge on any atom is -0.497 e. The quantitative estimate of drug-likeness (QED) is 0.865. The van der Waals surface area contributed by atoms with Gasteiger partial charge in [0.2, 0.25) is 5.89 Å². The van der Waals surface area contributed by atoms with Gasteiger partial charge in [0.25, 0.3) is 0 Å². The topological polar surface area (TPSA) is 57.4 Å². The number of methoxy groups -OCH3 is 1. The van der Waals surface area contributed by atoms with Crippen LogP contribution in [0.4, 0.5) is 0 Å². The Labute approximate surface area is 136 Å². The highest BCUT2D eigenvalue weighted by Crippen LogP contribution is 2.46. The van der Waals surface area contributed by atoms with Crippen molar-refractivity contribution in [3.63, 3.8) is 0 Å². The van der Waals surface area contributed by atoms with Crippen LogP contribution in [0.5, 0.6) is 5.75 Å². The summed E-state index contributed by atoms with van der Waals surface area (Å²) in [4.78, 5) is 4.78. The van der Waals surface area contributed by atoms with Gasteiger partial charge in [-0.3, -0.25) is 0 Å². The monoisotopic (exact) mass is 314 g/mol. The number of nitrogens with zero attached hydrogens (tertiary/aromatic N) is 2. The number of benzene rings is 1. The second-order valence-electron chi connectivity index (χ2n) is 6.54. The molecule has 23 heavy (non-hydrogen) atoms. The molecule has 2 heterocycles. The lowest BCUT2D eigenvalue weighted by molar-refractivity contribution is 0.192. The van der Waals surface area contributed by atoms with E-state index in [9.17, 15) is 0 Å². The summed E-state index contributed by atoms with van der Waals surface area (Å²) < 4.78 is 16.5. The number of hydrogen-bond donors (Lipinski definition) is 0. The summed E-state index contributed by atoms with van der Waals surface area (Å²) in [5.74, 6) is 2.72. The van der Waals surface area contributed by atoms with E-state index >= 15 is 0 Å². The Morgan fingerprint density at radius 2 is 1.96 bits per heavy atom. The van der Waals surface area contributed by atoms with E-state index in [1.54, 1.807) is 7.11 Å². The predicted octanol–water partition coefficient (Wildman–Crippen LogP) is 3.44. The van der Waals surface area contributed by atoms with Gasteiger partial charge in [-0.05, 0) is 37.0 Å². The molecule has 0 bridgehead atoms. The lowest BCUT2D eigenvalue weighted by atomic mass is 9.78. The zero-order chi connectivity index (χ0) is 15.7. The van der Waals surface area contributed by atoms with Crippen molar-refractivity contribution in [2.45, 2.75) is 43.4 Å². The first-order chi connectivity index (χ1) is 11.3. The highest BCUT2D eigenvalue weighted by atomic mass is 16.5. The van der Waals surface area contributed by atoms with Crippen LogP contribution in [0.2, 0.25) is 0 Å². The highest BCUT2D eigenvalue weighted by Gasteiger charge is 2.43. The molecule has 1 atom stereocenters. The van der Waals surface area contributed by atoms with Crippen LogP contribution in [0, 0.1) is 0 Å². The van der Waals surface area contributed by atoms with E-state index in [-0.39, 0.29) is 11.3 Å². The Hall–Kier alpha value is -1.88. The lowest BCUT2D eigenvalue weighted by Gasteiger charge is -2.25. The number of ether oxygens (including phenoxy) is 2. The standard InChI is InChI=1S/C18H22N2O3/c1-21-15-6-4-14(5-7-15)18(9-2-3-10-18)17-19-16(20-23-17)13-8-11-22-12-13/h4-7,13H,2-3,8-12H2,1H3/t13-/m0/s1. The first kappa shape index (κ1) is 14.7. The summed E-state index contributed by atoms with van der Waals surface area (Å²) >= 11 is 0. The maximum Gasteiger partial charge on any atom is 0.237 e. The molecule has 0 amide bonds. The van der Waals surface area contributed by atoms with E-state index in [0.29, 0.717) is 6.61 Å². The first-order valence-electron chi connectivity index (χ1n) is 8.38. The van der Waals surface area contributed by atoms with Crippen molar-refractivity contribution < 1.29 is 14.0 Å². The third kappa shape index (κ3) is 2.53. The molecule has 2 fully saturated rings. The summed E-state index contributed by atoms with van der Waals surface area (Å²) in [6.45, 7) is 1.49. The van der Waals surface area contributed by atoms with Gasteiger partial charge in [0.15, 0.2) is 5.82 Å². The van der Waals surface area contributed by atoms with Crippen LogP contribution >= 0.6 is 0 Å². The molecular formula is C18H22N2O3. The summed E-state index contributed by atoms with van der Waals surface area (Å²) in [6, 6.07) is 8.29. The molecule has 1 saturated carbocycles. The van der Waals surface area contributed by atoms with Crippen molar-refractivity contribution in [3.8, 4) is 5.75 Å². The van der Waals surface area contributed by atoms with Gasteiger partial charge in [0.05, 0.1) is 19.1 Å². The molecule has 1 saturated heterocycles. The molecule has 0 N–H and O–H groups in total. The lowest BCUT2D eigenvalue weighted by Crippen LogP contribution is -2.24. The smallest absolute Gasteiger partial charge is 0.237 e. The Kier molecular flexibility index (Phi) is 3.81. The van der Waals surface area contributed by atoms with E-state index in [4.69, 9.17) is 19.0 Å². The van der Waals surface area contributed by atoms with E-state index in [1.165, 1.54) is 18.4 Å². The van der Waals surface area contributed by atoms with Crippen molar-refractivity contribution in [2.75, 3.05) is 20.3 Å². The largest absolute Gasteiger partial charge is 0.497 e. The molecule has 122 valence electrons. The Bertz CT molecular complexity index is 653. The highest BCUT2D eigenvalue weighted by molar-refractivity contribution is 5.37. The summed E-state index contributed by atoms with van der Waals surface area (Å²) in [5.41, 5.74) is 1.10. The average molecular weight is 314 g/mol. The molecule has 5 nitrogen and oxygen atoms in total. The molecule has 0 radical (unpaired) electrons. The van der Waals surface area contributed by atoms with Crippen LogP contribution in [0.15, 0.2) is 28.8 Å². The average Bonchev–Trinajstić information content (AvgIpc) is 3.34. The Morgan fingerprint density at radius 3 is 2.61 bits per heavy atom. The molecule has 2 aliphatic rings. The van der Waals surface area contributed by atoms with Crippen LogP contribution in [-0.2, 0) is 10.2 Å². The molecular weight excluding hydrogens is 292 g/mol. The number of aromatic nitrogens is 2. The van der Waals surface area contributed by atoms with Gasteiger partial charge in [-0.15, -0.1) is 0 Å². The third-order valence-corrected chi connectivity index (χ3v) is 5.25. The molecule has 0 spiro atoms. The minimum absolute atomic E-state index is 0.142. The van der Waals surface area contributed by atoms with E-state index in [2.05, 4.69) is 17.3 Å². The predicted molar refractivity (Wildman–Crippen MR) is 84.7 cm³/mol. The third-order valence-electron chi connectivity index (χ3n) is 5.25. The molecule has 5 heteroatoms. The fourth-order valence-corrected chi connectivity index (χ4v) is 3.85. The molecule has 1 aliphatic heterocycles. The fourth-order valence-electron chi connectivity index (χ4n) is 3.85. The van der Waals surface area contributed by atoms with Gasteiger partial charge in [-0.1, -0.05) is 30.1 Å². The Balaban J connectivity index is 1.69. The van der Waals surface area contributed by atoms with Gasteiger partial charge in [-0.2, -0.15) is 4.98 Å². The Morgan fingerprint density at radius 1 is 1.17 bits per heavy atom. The zero-order valence-electron chi connectivity index (χ0n) is 13.5. The van der Waals surface area contributed by atoms with Gasteiger partial charge in [0.1, 0.15) is 5.75 Å². The van der Waals surface area contributed by atoms with Crippen molar-refractivity contribution >= 4 is 0 Å². The number of rotatable bonds is 4. The summed E-state index contributed by atoms with van der Waals surface area (Å²) in [7, 11) is 1.69. The van der Waals surface area contributed by atoms with E-state index in [0.717, 1.165) is 43.3 Å². The second kappa shape index (κ2) is 5.96. The van der Waals surface area contributed by atoms with Crippen LogP contribution in [0.3, 0.4) is 0 Å². The molecule has 0 unspecified atom stereocenters. The first-order valence-corrected chi connectivity index (χ1v) is 8.38. The zero-order valence-corrected chi connectivity index (χ0v) is 13.5. The second-order valence-corrected chi connectivity index (χ2v) is 6.54. The molecule has 1 aliphatic carbocycles. The molecule has 1 aromatic carbocycles. The van der Waals surface area contributed by atoms with E-state index < -0.39 is 0 Å². The van der Waals surface area contributed by atoms with Crippen LogP contribution in [0.1, 0.15) is 55.3 Å². The maximum atomic E-state index is 5.73. The van der Waals surface area contributed by atoms with Crippen molar-refractivity contribution in [3.05, 3.63) is 41.5 Å². The van der Waals surface area contributed by atoms with Crippen molar-refractivity contribution in [1.82, 2.24) is 10.1 Å². The summed E-state index contributed by atoms with van der Waals surface area (Å²) in [5, 5.41) is 4.26. The molecule has 4 rings (SSSR count). The van der Waals surface area contributed by atoms with Crippen molar-refractivity contribution in [1.29, 1.82) is 0 Å². The summed E-state index contributed by atoms with van der Waals surface area (Å²) in [6.07, 6.45) is 5.48. The minimum atomic E-state index is -0.142. The SMILES string of the molecule is COc1ccc(C2(c3nc([C@H]4CCOC4)no3)CCCC2)cc1. The van der Waals surface area contributed by atoms with Gasteiger partial charge in [0, 0.05) is 12.5 Å². The number of hydrogen-bond acceptors (Lipinski definition) is 5. The van der Waals surface area contributed by atoms with E-state index in [1.807, 2.05) is 12.1 Å². The van der Waals surface area contributed by atoms with Crippen LogP contribution in [0.25, 0.3) is 0 Å². The normalized spacial score (nSPS) is 23.3.